The van der Waals surface area contributed by atoms with Gasteiger partial charge in [-0.25, -0.2) is 0 Å². The second-order valence-electron chi connectivity index (χ2n) is 4.10. The maximum absolute atomic E-state index is 12.0. The van der Waals surface area contributed by atoms with Gasteiger partial charge in [0.25, 0.3) is 5.22 Å². The van der Waals surface area contributed by atoms with Crippen LogP contribution in [0.3, 0.4) is 0 Å². The van der Waals surface area contributed by atoms with E-state index in [0.29, 0.717) is 22.6 Å². The summed E-state index contributed by atoms with van der Waals surface area (Å²) in [4.78, 5) is 15.2. The van der Waals surface area contributed by atoms with Crippen molar-refractivity contribution in [1.29, 1.82) is 0 Å². The summed E-state index contributed by atoms with van der Waals surface area (Å²) in [5.41, 5.74) is 2.62. The first-order valence-corrected chi connectivity index (χ1v) is 8.11. The van der Waals surface area contributed by atoms with Crippen molar-refractivity contribution in [3.8, 4) is 0 Å². The van der Waals surface area contributed by atoms with Gasteiger partial charge < -0.3 is 9.40 Å². The minimum Gasteiger partial charge on any atom is -0.415 e. The van der Waals surface area contributed by atoms with Crippen molar-refractivity contribution in [3.05, 3.63) is 28.9 Å². The van der Waals surface area contributed by atoms with E-state index >= 15 is 0 Å². The van der Waals surface area contributed by atoms with Crippen LogP contribution in [0.25, 0.3) is 0 Å². The van der Waals surface area contributed by atoms with Gasteiger partial charge in [0.15, 0.2) is 5.78 Å². The average molecular weight is 297 g/mol. The van der Waals surface area contributed by atoms with Gasteiger partial charge in [-0.05, 0) is 26.2 Å². The van der Waals surface area contributed by atoms with Crippen LogP contribution in [0.4, 0.5) is 0 Å². The van der Waals surface area contributed by atoms with Gasteiger partial charge in [0.2, 0.25) is 5.89 Å². The Morgan fingerprint density at radius 3 is 2.84 bits per heavy atom. The Bertz CT molecular complexity index is 577. The summed E-state index contributed by atoms with van der Waals surface area (Å²) in [6.07, 6.45) is 1.97. The minimum absolute atomic E-state index is 0.0662. The predicted molar refractivity (Wildman–Crippen MR) is 76.8 cm³/mol. The number of nitrogens with zero attached hydrogens (tertiary/aromatic N) is 2. The maximum atomic E-state index is 12.0. The molecule has 2 rings (SSSR count). The monoisotopic (exact) mass is 297 g/mol. The highest BCUT2D eigenvalue weighted by Crippen LogP contribution is 2.20. The molecular formula is C12H15N3O2S2. The first-order valence-electron chi connectivity index (χ1n) is 5.73. The van der Waals surface area contributed by atoms with Crippen LogP contribution < -0.4 is 0 Å². The molecule has 102 valence electrons. The van der Waals surface area contributed by atoms with Crippen molar-refractivity contribution in [1.82, 2.24) is 15.2 Å². The third-order valence-corrected chi connectivity index (χ3v) is 3.85. The smallest absolute Gasteiger partial charge is 0.277 e. The number of ketones is 1. The van der Waals surface area contributed by atoms with E-state index in [1.807, 2.05) is 26.2 Å². The molecule has 0 saturated heterocycles. The standard InChI is InChI=1S/C12H15N3O2S2/c1-7-4-9(8(2)13-7)10(16)5-19-12-15-14-11(17-12)6-18-3/h4,13H,5-6H2,1-3H3. The van der Waals surface area contributed by atoms with Gasteiger partial charge in [0.1, 0.15) is 0 Å². The summed E-state index contributed by atoms with van der Waals surface area (Å²) in [6, 6.07) is 1.87. The van der Waals surface area contributed by atoms with Crippen molar-refractivity contribution in [2.24, 2.45) is 0 Å². The molecule has 0 amide bonds. The Labute approximate surface area is 119 Å². The normalized spacial score (nSPS) is 10.9. The van der Waals surface area contributed by atoms with Gasteiger partial charge in [-0.15, -0.1) is 10.2 Å². The topological polar surface area (TPSA) is 71.8 Å². The van der Waals surface area contributed by atoms with Gasteiger partial charge in [-0.2, -0.15) is 11.8 Å². The quantitative estimate of drug-likeness (QED) is 0.653. The molecule has 0 bridgehead atoms. The largest absolute Gasteiger partial charge is 0.415 e. The first kappa shape index (κ1) is 14.2. The zero-order chi connectivity index (χ0) is 13.8. The fourth-order valence-electron chi connectivity index (χ4n) is 1.70. The number of aromatic amines is 1. The molecule has 2 heterocycles. The number of H-pyrrole nitrogens is 1. The van der Waals surface area contributed by atoms with Gasteiger partial charge in [0.05, 0.1) is 11.5 Å². The minimum atomic E-state index is 0.0662. The second-order valence-corrected chi connectivity index (χ2v) is 5.89. The molecule has 0 unspecified atom stereocenters. The Hall–Kier alpha value is -1.21. The van der Waals surface area contributed by atoms with Gasteiger partial charge in [-0.1, -0.05) is 11.8 Å². The molecule has 1 N–H and O–H groups in total. The molecule has 19 heavy (non-hydrogen) atoms. The molecule has 0 aromatic carbocycles. The number of thioether (sulfide) groups is 2. The summed E-state index contributed by atoms with van der Waals surface area (Å²) in [5.74, 6) is 1.66. The summed E-state index contributed by atoms with van der Waals surface area (Å²) in [7, 11) is 0. The van der Waals surface area contributed by atoms with Gasteiger partial charge in [-0.3, -0.25) is 4.79 Å². The number of carbonyl (C=O) groups is 1. The molecule has 0 radical (unpaired) electrons. The summed E-state index contributed by atoms with van der Waals surface area (Å²) >= 11 is 2.89. The molecule has 0 aliphatic heterocycles. The van der Waals surface area contributed by atoms with E-state index in [1.165, 1.54) is 11.8 Å². The molecular weight excluding hydrogens is 282 g/mol. The Morgan fingerprint density at radius 1 is 1.42 bits per heavy atom. The predicted octanol–water partition coefficient (Wildman–Crippen LogP) is 2.85. The van der Waals surface area contributed by atoms with Crippen LogP contribution in [0.5, 0.6) is 0 Å². The van der Waals surface area contributed by atoms with Crippen LogP contribution in [0.2, 0.25) is 0 Å². The van der Waals surface area contributed by atoms with Crippen LogP contribution in [0.15, 0.2) is 15.7 Å². The van der Waals surface area contributed by atoms with Crippen molar-refractivity contribution in [2.75, 3.05) is 12.0 Å². The van der Waals surface area contributed by atoms with E-state index in [4.69, 9.17) is 4.42 Å². The van der Waals surface area contributed by atoms with E-state index in [2.05, 4.69) is 15.2 Å². The van der Waals surface area contributed by atoms with Crippen molar-refractivity contribution in [2.45, 2.75) is 24.8 Å². The van der Waals surface area contributed by atoms with Crippen molar-refractivity contribution in [3.63, 3.8) is 0 Å². The Balaban J connectivity index is 1.94. The second kappa shape index (κ2) is 6.29. The Morgan fingerprint density at radius 2 is 2.21 bits per heavy atom. The number of hydrogen-bond acceptors (Lipinski definition) is 6. The summed E-state index contributed by atoms with van der Waals surface area (Å²) in [5, 5.41) is 8.25. The SMILES string of the molecule is CSCc1nnc(SCC(=O)c2cc(C)[nH]c2C)o1. The zero-order valence-corrected chi connectivity index (χ0v) is 12.7. The van der Waals surface area contributed by atoms with E-state index < -0.39 is 0 Å². The van der Waals surface area contributed by atoms with E-state index in [1.54, 1.807) is 11.8 Å². The number of carbonyl (C=O) groups excluding carboxylic acids is 1. The van der Waals surface area contributed by atoms with Crippen LogP contribution >= 0.6 is 23.5 Å². The molecule has 7 heteroatoms. The molecule has 0 aliphatic carbocycles. The van der Waals surface area contributed by atoms with E-state index in [-0.39, 0.29) is 5.78 Å². The average Bonchev–Trinajstić information content (AvgIpc) is 2.93. The fourth-order valence-corrected chi connectivity index (χ4v) is 2.72. The van der Waals surface area contributed by atoms with Crippen LogP contribution in [-0.4, -0.2) is 33.0 Å². The molecule has 2 aromatic rings. The first-order chi connectivity index (χ1) is 9.10. The third kappa shape index (κ3) is 3.63. The lowest BCUT2D eigenvalue weighted by Gasteiger charge is -1.97. The molecule has 2 aromatic heterocycles. The number of rotatable bonds is 6. The highest BCUT2D eigenvalue weighted by atomic mass is 32.2. The van der Waals surface area contributed by atoms with E-state index in [0.717, 1.165) is 17.0 Å². The molecule has 0 atom stereocenters. The number of Topliss-reactive ketones (excluding diaryl/α,β-unsaturated/α-hetero) is 1. The molecule has 0 fully saturated rings. The molecule has 0 aliphatic rings. The van der Waals surface area contributed by atoms with Crippen LogP contribution in [-0.2, 0) is 5.75 Å². The number of aromatic nitrogens is 3. The van der Waals surface area contributed by atoms with Crippen LogP contribution in [0.1, 0.15) is 27.6 Å². The lowest BCUT2D eigenvalue weighted by molar-refractivity contribution is 0.102. The lowest BCUT2D eigenvalue weighted by Crippen LogP contribution is -2.02. The molecule has 0 spiro atoms. The molecule has 5 nitrogen and oxygen atoms in total. The van der Waals surface area contributed by atoms with Crippen molar-refractivity contribution >= 4 is 29.3 Å². The number of aryl methyl sites for hydroxylation is 2. The highest BCUT2D eigenvalue weighted by Gasteiger charge is 2.14. The van der Waals surface area contributed by atoms with Gasteiger partial charge >= 0.3 is 0 Å². The number of hydrogen-bond donors (Lipinski definition) is 1. The van der Waals surface area contributed by atoms with Crippen LogP contribution in [0, 0.1) is 13.8 Å². The van der Waals surface area contributed by atoms with E-state index in [9.17, 15) is 4.79 Å². The fraction of sp³-hybridized carbons (Fsp3) is 0.417. The Kier molecular flexibility index (Phi) is 4.71. The summed E-state index contributed by atoms with van der Waals surface area (Å²) < 4.78 is 5.41. The maximum Gasteiger partial charge on any atom is 0.277 e. The zero-order valence-electron chi connectivity index (χ0n) is 11.0. The number of nitrogens with one attached hydrogen (secondary N) is 1. The highest BCUT2D eigenvalue weighted by molar-refractivity contribution is 7.99. The third-order valence-electron chi connectivity index (χ3n) is 2.49. The molecule has 0 saturated carbocycles. The van der Waals surface area contributed by atoms with Crippen molar-refractivity contribution < 1.29 is 9.21 Å². The van der Waals surface area contributed by atoms with Gasteiger partial charge in [0, 0.05) is 17.0 Å². The lowest BCUT2D eigenvalue weighted by atomic mass is 10.2. The summed E-state index contributed by atoms with van der Waals surface area (Å²) in [6.45, 7) is 3.83.